The zero-order valence-corrected chi connectivity index (χ0v) is 13.5. The molecule has 104 valence electrons. The molecule has 1 rings (SSSR count). The molecule has 0 amide bonds. The highest BCUT2D eigenvalue weighted by Gasteiger charge is 2.23. The number of hydrogen-bond donors (Lipinski definition) is 1. The van der Waals surface area contributed by atoms with E-state index in [2.05, 4.69) is 44.1 Å². The van der Waals surface area contributed by atoms with Crippen LogP contribution >= 0.6 is 22.9 Å². The lowest BCUT2D eigenvalue weighted by Gasteiger charge is -2.33. The van der Waals surface area contributed by atoms with E-state index >= 15 is 0 Å². The van der Waals surface area contributed by atoms with E-state index in [1.165, 1.54) is 11.3 Å². The van der Waals surface area contributed by atoms with Crippen molar-refractivity contribution in [2.45, 2.75) is 33.7 Å². The highest BCUT2D eigenvalue weighted by molar-refractivity contribution is 7.16. The molecule has 0 aliphatic heterocycles. The number of thiophene rings is 1. The lowest BCUT2D eigenvalue weighted by molar-refractivity contribution is 0.177. The molecule has 1 aromatic heterocycles. The van der Waals surface area contributed by atoms with E-state index < -0.39 is 0 Å². The van der Waals surface area contributed by atoms with E-state index in [-0.39, 0.29) is 0 Å². The second-order valence-electron chi connectivity index (χ2n) is 5.32. The Bertz CT molecular complexity index is 353. The number of hydrogen-bond acceptors (Lipinski definition) is 3. The van der Waals surface area contributed by atoms with Crippen molar-refractivity contribution in [2.24, 2.45) is 5.41 Å². The predicted octanol–water partition coefficient (Wildman–Crippen LogP) is 3.86. The van der Waals surface area contributed by atoms with E-state index in [9.17, 15) is 0 Å². The fourth-order valence-corrected chi connectivity index (χ4v) is 3.30. The summed E-state index contributed by atoms with van der Waals surface area (Å²) in [5, 5.41) is 3.47. The van der Waals surface area contributed by atoms with E-state index in [1.807, 2.05) is 6.07 Å². The summed E-state index contributed by atoms with van der Waals surface area (Å²) in [6, 6.07) is 4.10. The quantitative estimate of drug-likeness (QED) is 0.781. The Balaban J connectivity index is 2.48. The molecule has 0 saturated heterocycles. The molecule has 0 bridgehead atoms. The fourth-order valence-electron chi connectivity index (χ4n) is 2.13. The SMILES string of the molecule is CCNCC(C)(CC)CN(C)Cc1ccc(Cl)s1. The average Bonchev–Trinajstić information content (AvgIpc) is 2.72. The van der Waals surface area contributed by atoms with Gasteiger partial charge in [0.1, 0.15) is 0 Å². The van der Waals surface area contributed by atoms with Gasteiger partial charge in [-0.15, -0.1) is 11.3 Å². The van der Waals surface area contributed by atoms with Crippen molar-refractivity contribution >= 4 is 22.9 Å². The molecule has 1 N–H and O–H groups in total. The van der Waals surface area contributed by atoms with E-state index in [0.29, 0.717) is 5.41 Å². The third kappa shape index (κ3) is 5.27. The van der Waals surface area contributed by atoms with Gasteiger partial charge in [0.25, 0.3) is 0 Å². The van der Waals surface area contributed by atoms with Crippen molar-refractivity contribution in [2.75, 3.05) is 26.7 Å². The summed E-state index contributed by atoms with van der Waals surface area (Å²) in [6.07, 6.45) is 1.19. The van der Waals surface area contributed by atoms with Crippen LogP contribution in [-0.2, 0) is 6.54 Å². The average molecular weight is 289 g/mol. The molecular weight excluding hydrogens is 264 g/mol. The highest BCUT2D eigenvalue weighted by atomic mass is 35.5. The Morgan fingerprint density at radius 1 is 1.39 bits per heavy atom. The molecule has 0 spiro atoms. The van der Waals surface area contributed by atoms with Gasteiger partial charge >= 0.3 is 0 Å². The zero-order valence-electron chi connectivity index (χ0n) is 11.9. The van der Waals surface area contributed by atoms with Crippen LogP contribution in [0.4, 0.5) is 0 Å². The summed E-state index contributed by atoms with van der Waals surface area (Å²) >= 11 is 7.64. The minimum absolute atomic E-state index is 0.339. The molecule has 0 aliphatic carbocycles. The molecule has 0 radical (unpaired) electrons. The minimum atomic E-state index is 0.339. The van der Waals surface area contributed by atoms with Gasteiger partial charge in [-0.25, -0.2) is 0 Å². The first kappa shape index (κ1) is 16.0. The van der Waals surface area contributed by atoms with Crippen LogP contribution in [0, 0.1) is 5.41 Å². The van der Waals surface area contributed by atoms with Gasteiger partial charge in [0.2, 0.25) is 0 Å². The monoisotopic (exact) mass is 288 g/mol. The second-order valence-corrected chi connectivity index (χ2v) is 7.12. The molecule has 1 atom stereocenters. The van der Waals surface area contributed by atoms with Gasteiger partial charge in [0.05, 0.1) is 4.34 Å². The van der Waals surface area contributed by atoms with Crippen LogP contribution in [0.5, 0.6) is 0 Å². The van der Waals surface area contributed by atoms with Crippen molar-refractivity contribution < 1.29 is 0 Å². The fraction of sp³-hybridized carbons (Fsp3) is 0.714. The molecule has 1 aromatic rings. The molecule has 0 saturated carbocycles. The molecular formula is C14H25ClN2S. The third-order valence-electron chi connectivity index (χ3n) is 3.36. The molecule has 1 unspecified atom stereocenters. The minimum Gasteiger partial charge on any atom is -0.316 e. The molecule has 0 fully saturated rings. The van der Waals surface area contributed by atoms with Crippen LogP contribution in [0.1, 0.15) is 32.1 Å². The number of nitrogens with one attached hydrogen (secondary N) is 1. The van der Waals surface area contributed by atoms with Gasteiger partial charge in [-0.3, -0.25) is 0 Å². The van der Waals surface area contributed by atoms with Gasteiger partial charge in [0.15, 0.2) is 0 Å². The highest BCUT2D eigenvalue weighted by Crippen LogP contribution is 2.25. The first-order chi connectivity index (χ1) is 8.49. The molecule has 4 heteroatoms. The van der Waals surface area contributed by atoms with Crippen molar-refractivity contribution in [1.29, 1.82) is 0 Å². The number of nitrogens with zero attached hydrogens (tertiary/aromatic N) is 1. The normalized spacial score (nSPS) is 15.0. The molecule has 1 heterocycles. The summed E-state index contributed by atoms with van der Waals surface area (Å²) < 4.78 is 0.879. The summed E-state index contributed by atoms with van der Waals surface area (Å²) in [4.78, 5) is 3.73. The van der Waals surface area contributed by atoms with Gasteiger partial charge < -0.3 is 10.2 Å². The van der Waals surface area contributed by atoms with Crippen LogP contribution in [0.2, 0.25) is 4.34 Å². The molecule has 2 nitrogen and oxygen atoms in total. The van der Waals surface area contributed by atoms with Crippen LogP contribution in [0.25, 0.3) is 0 Å². The first-order valence-electron chi connectivity index (χ1n) is 6.62. The maximum Gasteiger partial charge on any atom is 0.0931 e. The van der Waals surface area contributed by atoms with Crippen LogP contribution < -0.4 is 5.32 Å². The van der Waals surface area contributed by atoms with Gasteiger partial charge in [-0.2, -0.15) is 0 Å². The van der Waals surface area contributed by atoms with Crippen molar-refractivity contribution in [1.82, 2.24) is 10.2 Å². The summed E-state index contributed by atoms with van der Waals surface area (Å²) in [6.45, 7) is 11.0. The van der Waals surface area contributed by atoms with Crippen LogP contribution in [0.3, 0.4) is 0 Å². The Morgan fingerprint density at radius 2 is 2.11 bits per heavy atom. The Hall–Kier alpha value is -0.0900. The van der Waals surface area contributed by atoms with Gasteiger partial charge in [-0.05, 0) is 37.6 Å². The zero-order chi connectivity index (χ0) is 13.6. The maximum atomic E-state index is 5.96. The topological polar surface area (TPSA) is 15.3 Å². The Labute approximate surface area is 120 Å². The van der Waals surface area contributed by atoms with Gasteiger partial charge in [-0.1, -0.05) is 32.4 Å². The van der Waals surface area contributed by atoms with Crippen LogP contribution in [0.15, 0.2) is 12.1 Å². The molecule has 0 aromatic carbocycles. The number of rotatable bonds is 8. The van der Waals surface area contributed by atoms with E-state index in [1.54, 1.807) is 11.3 Å². The first-order valence-corrected chi connectivity index (χ1v) is 7.82. The van der Waals surface area contributed by atoms with E-state index in [0.717, 1.165) is 30.5 Å². The molecule has 18 heavy (non-hydrogen) atoms. The Kier molecular flexibility index (Phi) is 6.64. The second kappa shape index (κ2) is 7.49. The maximum absolute atomic E-state index is 5.96. The summed E-state index contributed by atoms with van der Waals surface area (Å²) in [5.41, 5.74) is 0.339. The van der Waals surface area contributed by atoms with Crippen molar-refractivity contribution in [3.63, 3.8) is 0 Å². The number of halogens is 1. The Morgan fingerprint density at radius 3 is 2.61 bits per heavy atom. The summed E-state index contributed by atoms with van der Waals surface area (Å²) in [5.74, 6) is 0. The smallest absolute Gasteiger partial charge is 0.0931 e. The lowest BCUT2D eigenvalue weighted by atomic mass is 9.87. The summed E-state index contributed by atoms with van der Waals surface area (Å²) in [7, 11) is 2.19. The van der Waals surface area contributed by atoms with Crippen molar-refractivity contribution in [3.8, 4) is 0 Å². The molecule has 0 aliphatic rings. The van der Waals surface area contributed by atoms with E-state index in [4.69, 9.17) is 11.6 Å². The third-order valence-corrected chi connectivity index (χ3v) is 4.58. The largest absolute Gasteiger partial charge is 0.316 e. The predicted molar refractivity (Wildman–Crippen MR) is 82.6 cm³/mol. The standard InChI is InChI=1S/C14H25ClN2S/c1-5-14(3,10-16-6-2)11-17(4)9-12-7-8-13(15)18-12/h7-8,16H,5-6,9-11H2,1-4H3. The van der Waals surface area contributed by atoms with Crippen molar-refractivity contribution in [3.05, 3.63) is 21.3 Å². The lowest BCUT2D eigenvalue weighted by Crippen LogP contribution is -2.40. The van der Waals surface area contributed by atoms with Crippen LogP contribution in [-0.4, -0.2) is 31.6 Å². The van der Waals surface area contributed by atoms with Gasteiger partial charge in [0, 0.05) is 24.5 Å².